The third-order valence-corrected chi connectivity index (χ3v) is 5.93. The van der Waals surface area contributed by atoms with E-state index < -0.39 is 0 Å². The Morgan fingerprint density at radius 2 is 1.77 bits per heavy atom. The largest absolute Gasteiger partial charge is 0.256 e. The minimum Gasteiger partial charge on any atom is -0.256 e. The van der Waals surface area contributed by atoms with Crippen molar-refractivity contribution in [2.45, 2.75) is 64.7 Å². The van der Waals surface area contributed by atoms with Gasteiger partial charge in [0.15, 0.2) is 0 Å². The minimum absolute atomic E-state index is 0.103. The minimum atomic E-state index is 0.103. The molecule has 26 heavy (non-hydrogen) atoms. The lowest BCUT2D eigenvalue weighted by atomic mass is 9.73. The predicted octanol–water partition coefficient (Wildman–Crippen LogP) is 6.81. The third kappa shape index (κ3) is 2.94. The zero-order chi connectivity index (χ0) is 18.5. The molecule has 4 rings (SSSR count). The van der Waals surface area contributed by atoms with E-state index in [4.69, 9.17) is 4.98 Å². The molecule has 1 heterocycles. The second-order valence-electron chi connectivity index (χ2n) is 9.46. The fraction of sp³-hybridized carbons (Fsp3) is 0.400. The molecule has 1 heteroatoms. The van der Waals surface area contributed by atoms with Crippen LogP contribution in [0.5, 0.6) is 0 Å². The Morgan fingerprint density at radius 1 is 1.00 bits per heavy atom. The van der Waals surface area contributed by atoms with Crippen LogP contribution in [0.15, 0.2) is 48.7 Å². The van der Waals surface area contributed by atoms with Crippen LogP contribution < -0.4 is 0 Å². The van der Waals surface area contributed by atoms with Gasteiger partial charge in [-0.25, -0.2) is 0 Å². The molecule has 0 radical (unpaired) electrons. The third-order valence-electron chi connectivity index (χ3n) is 5.93. The quantitative estimate of drug-likeness (QED) is 0.473. The molecule has 0 bridgehead atoms. The Bertz CT molecular complexity index is 973. The van der Waals surface area contributed by atoms with Gasteiger partial charge in [-0.3, -0.25) is 4.98 Å². The van der Waals surface area contributed by atoms with Gasteiger partial charge in [0.1, 0.15) is 0 Å². The van der Waals surface area contributed by atoms with Crippen LogP contribution in [0, 0.1) is 0 Å². The van der Waals surface area contributed by atoms with Gasteiger partial charge in [-0.05, 0) is 75.8 Å². The van der Waals surface area contributed by atoms with Crippen molar-refractivity contribution < 1.29 is 0 Å². The Labute approximate surface area is 157 Å². The molecule has 0 N–H and O–H groups in total. The van der Waals surface area contributed by atoms with Crippen molar-refractivity contribution in [3.63, 3.8) is 0 Å². The maximum absolute atomic E-state index is 4.89. The zero-order valence-corrected chi connectivity index (χ0v) is 16.7. The topological polar surface area (TPSA) is 12.9 Å². The summed E-state index contributed by atoms with van der Waals surface area (Å²) in [6.45, 7) is 11.6. The average Bonchev–Trinajstić information content (AvgIpc) is 2.59. The molecule has 1 nitrogen and oxygen atoms in total. The molecule has 0 spiro atoms. The second-order valence-corrected chi connectivity index (χ2v) is 9.46. The lowest BCUT2D eigenvalue weighted by Crippen LogP contribution is -2.24. The van der Waals surface area contributed by atoms with Crippen molar-refractivity contribution in [1.29, 1.82) is 0 Å². The van der Waals surface area contributed by atoms with E-state index in [1.807, 2.05) is 0 Å². The molecule has 1 aliphatic rings. The number of fused-ring (bicyclic) bond motifs is 2. The van der Waals surface area contributed by atoms with Gasteiger partial charge in [0, 0.05) is 11.8 Å². The first-order valence-electron chi connectivity index (χ1n) is 9.79. The van der Waals surface area contributed by atoms with E-state index in [0.717, 1.165) is 5.69 Å². The highest BCUT2D eigenvalue weighted by atomic mass is 14.7. The molecule has 0 atom stereocenters. The highest BCUT2D eigenvalue weighted by Crippen LogP contribution is 2.39. The summed E-state index contributed by atoms with van der Waals surface area (Å²) in [4.78, 5) is 4.89. The summed E-state index contributed by atoms with van der Waals surface area (Å²) in [5.74, 6) is 0. The number of pyridine rings is 1. The average molecular weight is 344 g/mol. The second kappa shape index (κ2) is 5.94. The maximum Gasteiger partial charge on any atom is 0.0705 e. The van der Waals surface area contributed by atoms with E-state index in [1.165, 1.54) is 52.3 Å². The number of benzene rings is 2. The van der Waals surface area contributed by atoms with Crippen LogP contribution in [0.4, 0.5) is 0 Å². The molecule has 3 aromatic rings. The normalized spacial score (nSPS) is 16.5. The van der Waals surface area contributed by atoms with Gasteiger partial charge in [0.05, 0.1) is 5.69 Å². The van der Waals surface area contributed by atoms with Gasteiger partial charge in [-0.15, -0.1) is 0 Å². The Kier molecular flexibility index (Phi) is 3.95. The fourth-order valence-electron chi connectivity index (χ4n) is 4.41. The molecule has 2 aromatic carbocycles. The summed E-state index contributed by atoms with van der Waals surface area (Å²) in [7, 11) is 0. The molecule has 0 fully saturated rings. The number of nitrogens with zero attached hydrogens (tertiary/aromatic N) is 1. The van der Waals surface area contributed by atoms with Crippen LogP contribution in [0.1, 0.15) is 64.2 Å². The highest BCUT2D eigenvalue weighted by Gasteiger charge is 2.28. The zero-order valence-electron chi connectivity index (χ0n) is 16.7. The SMILES string of the molecule is CC(C)(C)c1cc(-c2cc3c(cn2)C(C)(C)CCC3)cc2ccccc12. The van der Waals surface area contributed by atoms with Crippen LogP contribution in [0.3, 0.4) is 0 Å². The van der Waals surface area contributed by atoms with Crippen molar-refractivity contribution in [3.05, 3.63) is 65.4 Å². The van der Waals surface area contributed by atoms with E-state index in [2.05, 4.69) is 83.3 Å². The highest BCUT2D eigenvalue weighted by molar-refractivity contribution is 5.90. The van der Waals surface area contributed by atoms with E-state index in [1.54, 1.807) is 0 Å². The van der Waals surface area contributed by atoms with E-state index >= 15 is 0 Å². The van der Waals surface area contributed by atoms with Crippen LogP contribution in [-0.2, 0) is 17.3 Å². The monoisotopic (exact) mass is 343 g/mol. The number of aromatic nitrogens is 1. The Balaban J connectivity index is 1.90. The predicted molar refractivity (Wildman–Crippen MR) is 112 cm³/mol. The first-order chi connectivity index (χ1) is 12.3. The van der Waals surface area contributed by atoms with Crippen LogP contribution in [0.2, 0.25) is 0 Å². The molecule has 134 valence electrons. The van der Waals surface area contributed by atoms with Crippen molar-refractivity contribution in [2.75, 3.05) is 0 Å². The molecule has 0 saturated carbocycles. The fourth-order valence-corrected chi connectivity index (χ4v) is 4.41. The Hall–Kier alpha value is -2.15. The van der Waals surface area contributed by atoms with E-state index in [-0.39, 0.29) is 10.8 Å². The van der Waals surface area contributed by atoms with Crippen LogP contribution in [0.25, 0.3) is 22.0 Å². The summed E-state index contributed by atoms with van der Waals surface area (Å²) in [6, 6.07) is 15.7. The molecular weight excluding hydrogens is 314 g/mol. The lowest BCUT2D eigenvalue weighted by Gasteiger charge is -2.32. The van der Waals surface area contributed by atoms with Gasteiger partial charge in [-0.1, -0.05) is 58.9 Å². The smallest absolute Gasteiger partial charge is 0.0705 e. The molecule has 0 aliphatic heterocycles. The first-order valence-corrected chi connectivity index (χ1v) is 9.79. The lowest BCUT2D eigenvalue weighted by molar-refractivity contribution is 0.430. The standard InChI is InChI=1S/C25H29N/c1-24(2,3)21-14-19(13-17-9-6-7-11-20(17)21)23-15-18-10-8-12-25(4,5)22(18)16-26-23/h6-7,9,11,13-16H,8,10,12H2,1-5H3. The summed E-state index contributed by atoms with van der Waals surface area (Å²) in [6.07, 6.45) is 5.84. The summed E-state index contributed by atoms with van der Waals surface area (Å²) >= 11 is 0. The van der Waals surface area contributed by atoms with Crippen molar-refractivity contribution in [2.24, 2.45) is 0 Å². The first kappa shape index (κ1) is 17.3. The number of aryl methyl sites for hydroxylation is 1. The number of hydrogen-bond acceptors (Lipinski definition) is 1. The summed E-state index contributed by atoms with van der Waals surface area (Å²) in [5.41, 5.74) is 7.01. The molecule has 0 saturated heterocycles. The maximum atomic E-state index is 4.89. The van der Waals surface area contributed by atoms with Gasteiger partial charge in [0.25, 0.3) is 0 Å². The summed E-state index contributed by atoms with van der Waals surface area (Å²) < 4.78 is 0. The van der Waals surface area contributed by atoms with Gasteiger partial charge >= 0.3 is 0 Å². The van der Waals surface area contributed by atoms with Crippen molar-refractivity contribution in [1.82, 2.24) is 4.98 Å². The summed E-state index contributed by atoms with van der Waals surface area (Å²) in [5, 5.41) is 2.65. The molecule has 0 unspecified atom stereocenters. The van der Waals surface area contributed by atoms with E-state index in [9.17, 15) is 0 Å². The number of rotatable bonds is 1. The van der Waals surface area contributed by atoms with Gasteiger partial charge in [0.2, 0.25) is 0 Å². The van der Waals surface area contributed by atoms with Crippen molar-refractivity contribution >= 4 is 10.8 Å². The molecule has 0 amide bonds. The number of hydrogen-bond donors (Lipinski definition) is 0. The molecular formula is C25H29N. The van der Waals surface area contributed by atoms with Crippen molar-refractivity contribution in [3.8, 4) is 11.3 Å². The Morgan fingerprint density at radius 3 is 2.54 bits per heavy atom. The van der Waals surface area contributed by atoms with Crippen LogP contribution in [-0.4, -0.2) is 4.98 Å². The van der Waals surface area contributed by atoms with Gasteiger partial charge < -0.3 is 0 Å². The van der Waals surface area contributed by atoms with Crippen LogP contribution >= 0.6 is 0 Å². The molecule has 1 aliphatic carbocycles. The molecule has 1 aromatic heterocycles. The van der Waals surface area contributed by atoms with E-state index in [0.29, 0.717) is 0 Å². The van der Waals surface area contributed by atoms with Gasteiger partial charge in [-0.2, -0.15) is 0 Å².